The molecule has 6 rings (SSSR count). The predicted molar refractivity (Wildman–Crippen MR) is 167 cm³/mol. The van der Waals surface area contributed by atoms with Gasteiger partial charge in [-0.05, 0) is 60.9 Å². The molecule has 1 atom stereocenters. The fourth-order valence-corrected chi connectivity index (χ4v) is 5.71. The zero-order chi connectivity index (χ0) is 29.8. The second kappa shape index (κ2) is 12.5. The molecule has 0 spiro atoms. The van der Waals surface area contributed by atoms with Crippen molar-refractivity contribution in [3.05, 3.63) is 142 Å². The first kappa shape index (κ1) is 28.2. The van der Waals surface area contributed by atoms with E-state index in [0.29, 0.717) is 51.7 Å². The molecule has 1 aliphatic rings. The summed E-state index contributed by atoms with van der Waals surface area (Å²) in [4.78, 5) is 18.5. The van der Waals surface area contributed by atoms with Gasteiger partial charge < -0.3 is 15.4 Å². The maximum atomic E-state index is 14.3. The lowest BCUT2D eigenvalue weighted by atomic mass is 9.95. The van der Waals surface area contributed by atoms with E-state index in [4.69, 9.17) is 9.84 Å². The van der Waals surface area contributed by atoms with Crippen LogP contribution in [-0.2, 0) is 17.2 Å². The summed E-state index contributed by atoms with van der Waals surface area (Å²) in [5.74, 6) is 1.02. The number of benzene rings is 4. The van der Waals surface area contributed by atoms with Crippen LogP contribution >= 0.6 is 11.8 Å². The molecule has 0 radical (unpaired) electrons. The zero-order valence-corrected chi connectivity index (χ0v) is 24.6. The highest BCUT2D eigenvalue weighted by atomic mass is 32.2. The van der Waals surface area contributed by atoms with Gasteiger partial charge in [0.1, 0.15) is 24.2 Å². The van der Waals surface area contributed by atoms with Crippen molar-refractivity contribution in [1.82, 2.24) is 14.8 Å². The molecule has 0 saturated carbocycles. The average molecular weight is 592 g/mol. The first-order valence-corrected chi connectivity index (χ1v) is 14.9. The Labute approximate surface area is 253 Å². The number of halogens is 1. The summed E-state index contributed by atoms with van der Waals surface area (Å²) < 4.78 is 22.1. The molecule has 9 heteroatoms. The van der Waals surface area contributed by atoms with E-state index in [1.54, 1.807) is 22.9 Å². The number of hydrogen-bond acceptors (Lipinski definition) is 6. The van der Waals surface area contributed by atoms with Crippen LogP contribution in [0.25, 0.3) is 0 Å². The van der Waals surface area contributed by atoms with Gasteiger partial charge >= 0.3 is 0 Å². The third-order valence-electron chi connectivity index (χ3n) is 7.12. The average Bonchev–Trinajstić information content (AvgIpc) is 3.42. The van der Waals surface area contributed by atoms with Gasteiger partial charge in [0, 0.05) is 17.1 Å². The number of fused-ring (bicyclic) bond motifs is 1. The SMILES string of the molecule is CC1=C(C(=O)Nc2ccccc2)C(c2cccc(OCc3ccc(C)cc3)c2)n2nc(SCc3ccccc3F)nc2N1. The molecule has 2 heterocycles. The number of rotatable bonds is 9. The van der Waals surface area contributed by atoms with Crippen molar-refractivity contribution in [1.29, 1.82) is 0 Å². The molecule has 2 N–H and O–H groups in total. The summed E-state index contributed by atoms with van der Waals surface area (Å²) in [7, 11) is 0. The molecule has 0 bridgehead atoms. The van der Waals surface area contributed by atoms with Gasteiger partial charge in [-0.25, -0.2) is 9.07 Å². The number of anilines is 2. The minimum absolute atomic E-state index is 0.256. The van der Waals surface area contributed by atoms with Gasteiger partial charge in [-0.15, -0.1) is 5.10 Å². The van der Waals surface area contributed by atoms with Gasteiger partial charge in [0.15, 0.2) is 0 Å². The topological polar surface area (TPSA) is 81.1 Å². The fraction of sp³-hybridized carbons (Fsp3) is 0.147. The van der Waals surface area contributed by atoms with Gasteiger partial charge in [-0.3, -0.25) is 4.79 Å². The Bertz CT molecular complexity index is 1790. The van der Waals surface area contributed by atoms with Crippen molar-refractivity contribution in [2.24, 2.45) is 0 Å². The Morgan fingerprint density at radius 3 is 2.53 bits per heavy atom. The zero-order valence-electron chi connectivity index (χ0n) is 23.8. The quantitative estimate of drug-likeness (QED) is 0.173. The first-order chi connectivity index (χ1) is 20.9. The summed E-state index contributed by atoms with van der Waals surface area (Å²) in [6.45, 7) is 4.32. The molecular weight excluding hydrogens is 561 g/mol. The smallest absolute Gasteiger partial charge is 0.255 e. The van der Waals surface area contributed by atoms with Crippen molar-refractivity contribution in [2.45, 2.75) is 37.4 Å². The summed E-state index contributed by atoms with van der Waals surface area (Å²) in [6.07, 6.45) is 0. The molecule has 7 nitrogen and oxygen atoms in total. The summed E-state index contributed by atoms with van der Waals surface area (Å²) >= 11 is 1.33. The van der Waals surface area contributed by atoms with E-state index in [-0.39, 0.29) is 11.7 Å². The minimum Gasteiger partial charge on any atom is -0.489 e. The molecule has 1 aliphatic heterocycles. The Morgan fingerprint density at radius 1 is 0.977 bits per heavy atom. The number of thioether (sulfide) groups is 1. The van der Waals surface area contributed by atoms with Crippen molar-refractivity contribution in [3.8, 4) is 5.75 Å². The van der Waals surface area contributed by atoms with Crippen LogP contribution in [0.4, 0.5) is 16.0 Å². The van der Waals surface area contributed by atoms with E-state index >= 15 is 0 Å². The maximum Gasteiger partial charge on any atom is 0.255 e. The third-order valence-corrected chi connectivity index (χ3v) is 8.01. The number of amides is 1. The number of allylic oxidation sites excluding steroid dienone is 1. The summed E-state index contributed by atoms with van der Waals surface area (Å²) in [6, 6.07) is 31.3. The normalized spacial score (nSPS) is 14.2. The molecule has 1 aromatic heterocycles. The standard InChI is InChI=1S/C34H30FN5O2S/c1-22-15-17-24(18-16-22)20-42-28-13-8-10-25(19-28)31-30(32(41)37-27-11-4-3-5-12-27)23(2)36-33-38-34(39-40(31)33)43-21-26-9-6-7-14-29(26)35/h3-19,31H,20-21H2,1-2H3,(H,37,41)(H,36,38,39). The monoisotopic (exact) mass is 591 g/mol. The van der Waals surface area contributed by atoms with E-state index in [1.165, 1.54) is 23.4 Å². The molecule has 4 aromatic carbocycles. The lowest BCUT2D eigenvalue weighted by Gasteiger charge is -2.29. The first-order valence-electron chi connectivity index (χ1n) is 13.9. The van der Waals surface area contributed by atoms with Gasteiger partial charge in [-0.1, -0.05) is 90.1 Å². The van der Waals surface area contributed by atoms with E-state index < -0.39 is 6.04 Å². The molecule has 0 aliphatic carbocycles. The van der Waals surface area contributed by atoms with Gasteiger partial charge in [-0.2, -0.15) is 4.98 Å². The third kappa shape index (κ3) is 6.47. The molecule has 5 aromatic rings. The highest BCUT2D eigenvalue weighted by Crippen LogP contribution is 2.38. The van der Waals surface area contributed by atoms with Crippen LogP contribution in [-0.4, -0.2) is 20.7 Å². The second-order valence-corrected chi connectivity index (χ2v) is 11.2. The number of para-hydroxylation sites is 1. The van der Waals surface area contributed by atoms with Gasteiger partial charge in [0.25, 0.3) is 5.91 Å². The van der Waals surface area contributed by atoms with Crippen molar-refractivity contribution < 1.29 is 13.9 Å². The van der Waals surface area contributed by atoms with Crippen LogP contribution in [0.3, 0.4) is 0 Å². The number of ether oxygens (including phenoxy) is 1. The van der Waals surface area contributed by atoms with E-state index in [1.807, 2.05) is 73.7 Å². The van der Waals surface area contributed by atoms with Crippen LogP contribution in [0.15, 0.2) is 120 Å². The Kier molecular flexibility index (Phi) is 8.24. The maximum absolute atomic E-state index is 14.3. The van der Waals surface area contributed by atoms with Crippen molar-refractivity contribution in [3.63, 3.8) is 0 Å². The molecule has 0 saturated heterocycles. The Balaban J connectivity index is 1.32. The highest BCUT2D eigenvalue weighted by Gasteiger charge is 2.34. The molecule has 216 valence electrons. The number of nitrogens with one attached hydrogen (secondary N) is 2. The van der Waals surface area contributed by atoms with Gasteiger partial charge in [0.2, 0.25) is 11.1 Å². The summed E-state index contributed by atoms with van der Waals surface area (Å²) in [5.41, 5.74) is 5.49. The number of hydrogen-bond donors (Lipinski definition) is 2. The number of nitrogens with zero attached hydrogens (tertiary/aromatic N) is 3. The molecule has 1 unspecified atom stereocenters. The lowest BCUT2D eigenvalue weighted by molar-refractivity contribution is -0.113. The van der Waals surface area contributed by atoms with E-state index in [2.05, 4.69) is 34.7 Å². The van der Waals surface area contributed by atoms with E-state index in [9.17, 15) is 9.18 Å². The number of aromatic nitrogens is 3. The predicted octanol–water partition coefficient (Wildman–Crippen LogP) is 7.52. The van der Waals surface area contributed by atoms with Crippen LogP contribution in [0, 0.1) is 12.7 Å². The summed E-state index contributed by atoms with van der Waals surface area (Å²) in [5, 5.41) is 11.5. The number of carbonyl (C=O) groups is 1. The molecule has 0 fully saturated rings. The Hall–Kier alpha value is -4.89. The molecule has 1 amide bonds. The highest BCUT2D eigenvalue weighted by molar-refractivity contribution is 7.98. The van der Waals surface area contributed by atoms with Crippen LogP contribution in [0.2, 0.25) is 0 Å². The van der Waals surface area contributed by atoms with Crippen molar-refractivity contribution in [2.75, 3.05) is 10.6 Å². The largest absolute Gasteiger partial charge is 0.489 e. The van der Waals surface area contributed by atoms with Crippen LogP contribution < -0.4 is 15.4 Å². The molecular formula is C34H30FN5O2S. The number of aryl methyl sites for hydroxylation is 1. The minimum atomic E-state index is -0.585. The van der Waals surface area contributed by atoms with Gasteiger partial charge in [0.05, 0.1) is 5.57 Å². The molecule has 43 heavy (non-hydrogen) atoms. The van der Waals surface area contributed by atoms with E-state index in [0.717, 1.165) is 11.1 Å². The second-order valence-electron chi connectivity index (χ2n) is 10.3. The number of carbonyl (C=O) groups excluding carboxylic acids is 1. The lowest BCUT2D eigenvalue weighted by Crippen LogP contribution is -2.31. The fourth-order valence-electron chi connectivity index (χ4n) is 4.90. The van der Waals surface area contributed by atoms with Crippen LogP contribution in [0.5, 0.6) is 5.75 Å². The Morgan fingerprint density at radius 2 is 1.74 bits per heavy atom. The van der Waals surface area contributed by atoms with Crippen LogP contribution in [0.1, 0.15) is 35.2 Å². The van der Waals surface area contributed by atoms with Crippen molar-refractivity contribution >= 4 is 29.3 Å².